The normalized spacial score (nSPS) is 11.8. The number of anilines is 1. The topological polar surface area (TPSA) is 97.1 Å². The zero-order valence-corrected chi connectivity index (χ0v) is 15.5. The Kier molecular flexibility index (Phi) is 6.77. The number of amides is 3. The smallest absolute Gasteiger partial charge is 0.312 e. The Bertz CT molecular complexity index is 749. The van der Waals surface area contributed by atoms with E-state index < -0.39 is 12.1 Å². The van der Waals surface area contributed by atoms with E-state index in [1.165, 1.54) is 23.5 Å². The largest absolute Gasteiger partial charge is 0.352 e. The number of aryl methyl sites for hydroxylation is 1. The lowest BCUT2D eigenvalue weighted by molar-refractivity contribution is -0.117. The minimum atomic E-state index is -0.747. The van der Waals surface area contributed by atoms with Crippen LogP contribution >= 0.6 is 23.1 Å². The number of nitrogens with zero attached hydrogens (tertiary/aromatic N) is 1. The molecule has 2 rings (SSSR count). The van der Waals surface area contributed by atoms with Crippen LogP contribution in [0.1, 0.15) is 11.3 Å². The highest BCUT2D eigenvalue weighted by molar-refractivity contribution is 7.98. The molecule has 25 heavy (non-hydrogen) atoms. The maximum atomic E-state index is 13.1. The first-order chi connectivity index (χ1) is 11.9. The minimum absolute atomic E-state index is 0.320. The third-order valence-corrected chi connectivity index (χ3v) is 4.92. The summed E-state index contributed by atoms with van der Waals surface area (Å²) in [7, 11) is 0. The van der Waals surface area contributed by atoms with Gasteiger partial charge in [-0.2, -0.15) is 11.8 Å². The van der Waals surface area contributed by atoms with E-state index in [2.05, 4.69) is 15.6 Å². The van der Waals surface area contributed by atoms with Gasteiger partial charge in [0, 0.05) is 10.4 Å². The van der Waals surface area contributed by atoms with Gasteiger partial charge < -0.3 is 16.4 Å². The molecule has 9 heteroatoms. The van der Waals surface area contributed by atoms with Gasteiger partial charge >= 0.3 is 6.03 Å². The number of aromatic nitrogens is 1. The average molecular weight is 382 g/mol. The molecule has 6 nitrogen and oxygen atoms in total. The maximum absolute atomic E-state index is 13.1. The molecule has 0 radical (unpaired) electrons. The molecule has 1 heterocycles. The van der Waals surface area contributed by atoms with Crippen LogP contribution in [0.4, 0.5) is 14.3 Å². The summed E-state index contributed by atoms with van der Waals surface area (Å²) in [5.74, 6) is 0.0161. The first kappa shape index (κ1) is 19.2. The van der Waals surface area contributed by atoms with Crippen molar-refractivity contribution in [1.82, 2.24) is 10.3 Å². The Morgan fingerprint density at radius 2 is 2.04 bits per heavy atom. The van der Waals surface area contributed by atoms with Gasteiger partial charge in [-0.25, -0.2) is 14.2 Å². The number of hydrogen-bond acceptors (Lipinski definition) is 5. The Labute approximate surface area is 153 Å². The number of hydrogen-bond donors (Lipinski definition) is 3. The van der Waals surface area contributed by atoms with Crippen LogP contribution in [0.15, 0.2) is 24.3 Å². The summed E-state index contributed by atoms with van der Waals surface area (Å²) in [6.07, 6.45) is 2.38. The molecule has 0 fully saturated rings. The van der Waals surface area contributed by atoms with E-state index in [0.717, 1.165) is 10.4 Å². The Balaban J connectivity index is 2.13. The summed E-state index contributed by atoms with van der Waals surface area (Å²) in [5, 5.41) is 5.57. The Morgan fingerprint density at radius 1 is 1.36 bits per heavy atom. The van der Waals surface area contributed by atoms with Crippen molar-refractivity contribution in [3.05, 3.63) is 35.0 Å². The third-order valence-electron chi connectivity index (χ3n) is 3.39. The maximum Gasteiger partial charge on any atom is 0.312 e. The van der Waals surface area contributed by atoms with Crippen molar-refractivity contribution in [2.45, 2.75) is 19.4 Å². The van der Waals surface area contributed by atoms with Gasteiger partial charge in [-0.3, -0.25) is 4.79 Å². The first-order valence-electron chi connectivity index (χ1n) is 7.50. The van der Waals surface area contributed by atoms with Gasteiger partial charge in [0.05, 0.1) is 5.69 Å². The minimum Gasteiger partial charge on any atom is -0.352 e. The summed E-state index contributed by atoms with van der Waals surface area (Å²) in [4.78, 5) is 28.8. The van der Waals surface area contributed by atoms with Crippen LogP contribution in [-0.4, -0.2) is 35.0 Å². The molecule has 0 aliphatic rings. The number of thiazole rings is 1. The van der Waals surface area contributed by atoms with Crippen molar-refractivity contribution in [2.24, 2.45) is 5.73 Å². The van der Waals surface area contributed by atoms with Gasteiger partial charge in [0.25, 0.3) is 0 Å². The van der Waals surface area contributed by atoms with Gasteiger partial charge in [-0.15, -0.1) is 11.3 Å². The molecule has 1 aromatic carbocycles. The highest BCUT2D eigenvalue weighted by atomic mass is 32.2. The lowest BCUT2D eigenvalue weighted by Crippen LogP contribution is -2.46. The lowest BCUT2D eigenvalue weighted by Gasteiger charge is -2.15. The van der Waals surface area contributed by atoms with Crippen LogP contribution in [0.2, 0.25) is 0 Å². The van der Waals surface area contributed by atoms with Gasteiger partial charge in [-0.05, 0) is 49.6 Å². The van der Waals surface area contributed by atoms with Crippen molar-refractivity contribution in [3.63, 3.8) is 0 Å². The molecule has 0 saturated heterocycles. The molecule has 4 N–H and O–H groups in total. The summed E-state index contributed by atoms with van der Waals surface area (Å²) < 4.78 is 13.1. The van der Waals surface area contributed by atoms with Crippen molar-refractivity contribution in [1.29, 1.82) is 0 Å². The van der Waals surface area contributed by atoms with Crippen LogP contribution in [0.5, 0.6) is 0 Å². The molecule has 0 spiro atoms. The van der Waals surface area contributed by atoms with E-state index in [-0.39, 0.29) is 11.7 Å². The second-order valence-electron chi connectivity index (χ2n) is 5.26. The van der Waals surface area contributed by atoms with Crippen LogP contribution in [0, 0.1) is 12.7 Å². The van der Waals surface area contributed by atoms with E-state index in [4.69, 9.17) is 5.73 Å². The molecule has 0 saturated carbocycles. The van der Waals surface area contributed by atoms with E-state index in [0.29, 0.717) is 23.0 Å². The van der Waals surface area contributed by atoms with E-state index in [1.807, 2.05) is 13.2 Å². The Morgan fingerprint density at radius 3 is 2.64 bits per heavy atom. The fraction of sp³-hybridized carbons (Fsp3) is 0.312. The second-order valence-corrected chi connectivity index (χ2v) is 7.45. The fourth-order valence-electron chi connectivity index (χ4n) is 2.19. The molecule has 0 aliphatic carbocycles. The van der Waals surface area contributed by atoms with Gasteiger partial charge in [0.2, 0.25) is 5.91 Å². The predicted octanol–water partition coefficient (Wildman–Crippen LogP) is 2.99. The predicted molar refractivity (Wildman–Crippen MR) is 100 cm³/mol. The Hall–Kier alpha value is -2.13. The van der Waals surface area contributed by atoms with Crippen molar-refractivity contribution in [3.8, 4) is 11.3 Å². The van der Waals surface area contributed by atoms with Crippen molar-refractivity contribution >= 4 is 40.2 Å². The molecule has 1 atom stereocenters. The van der Waals surface area contributed by atoms with Crippen molar-refractivity contribution in [2.75, 3.05) is 17.3 Å². The number of nitrogens with one attached hydrogen (secondary N) is 2. The molecule has 3 amide bonds. The standard InChI is InChI=1S/C16H19FN4O2S2/c1-9-13(10-3-5-11(17)6-4-10)20-16(25-9)21-14(22)12(7-8-24-2)19-15(18)23/h3-6,12H,7-8H2,1-2H3,(H3,18,19,23)(H,20,21,22). The first-order valence-corrected chi connectivity index (χ1v) is 9.71. The van der Waals surface area contributed by atoms with Crippen molar-refractivity contribution < 1.29 is 14.0 Å². The zero-order valence-electron chi connectivity index (χ0n) is 13.8. The number of nitrogens with two attached hydrogens (primary N) is 1. The number of thioether (sulfide) groups is 1. The summed E-state index contributed by atoms with van der Waals surface area (Å²) >= 11 is 2.89. The number of halogens is 1. The number of primary amides is 1. The quantitative estimate of drug-likeness (QED) is 0.686. The average Bonchev–Trinajstić information content (AvgIpc) is 2.92. The van der Waals surface area contributed by atoms with Crippen LogP contribution in [-0.2, 0) is 4.79 Å². The second kappa shape index (κ2) is 8.82. The highest BCUT2D eigenvalue weighted by Gasteiger charge is 2.21. The van der Waals surface area contributed by atoms with E-state index in [1.54, 1.807) is 23.9 Å². The number of urea groups is 1. The van der Waals surface area contributed by atoms with E-state index in [9.17, 15) is 14.0 Å². The van der Waals surface area contributed by atoms with Gasteiger partial charge in [0.1, 0.15) is 11.9 Å². The van der Waals surface area contributed by atoms with Crippen LogP contribution in [0.3, 0.4) is 0 Å². The number of benzene rings is 1. The molecule has 1 unspecified atom stereocenters. The molecule has 0 bridgehead atoms. The zero-order chi connectivity index (χ0) is 18.4. The summed E-state index contributed by atoms with van der Waals surface area (Å²) in [6.45, 7) is 1.87. The molecule has 2 aromatic rings. The molecule has 1 aromatic heterocycles. The van der Waals surface area contributed by atoms with Crippen LogP contribution in [0.25, 0.3) is 11.3 Å². The van der Waals surface area contributed by atoms with E-state index >= 15 is 0 Å². The molecular weight excluding hydrogens is 363 g/mol. The highest BCUT2D eigenvalue weighted by Crippen LogP contribution is 2.30. The molecular formula is C16H19FN4O2S2. The molecule has 0 aliphatic heterocycles. The number of rotatable bonds is 7. The van der Waals surface area contributed by atoms with Gasteiger partial charge in [-0.1, -0.05) is 0 Å². The third kappa shape index (κ3) is 5.43. The SMILES string of the molecule is CSCCC(NC(N)=O)C(=O)Nc1nc(-c2ccc(F)cc2)c(C)s1. The van der Waals surface area contributed by atoms with Gasteiger partial charge in [0.15, 0.2) is 5.13 Å². The lowest BCUT2D eigenvalue weighted by atomic mass is 10.1. The number of carbonyl (C=O) groups excluding carboxylic acids is 2. The fourth-order valence-corrected chi connectivity index (χ4v) is 3.50. The number of carbonyl (C=O) groups is 2. The summed E-state index contributed by atoms with van der Waals surface area (Å²) in [5.41, 5.74) is 6.58. The summed E-state index contributed by atoms with van der Waals surface area (Å²) in [6, 6.07) is 4.54. The molecule has 134 valence electrons. The van der Waals surface area contributed by atoms with Crippen LogP contribution < -0.4 is 16.4 Å². The monoisotopic (exact) mass is 382 g/mol.